The molecule has 0 spiro atoms. The summed E-state index contributed by atoms with van der Waals surface area (Å²) in [5, 5.41) is 3.07. The SMILES string of the molecule is CCC(C)Nc1cc(C(F)(F)F)ccc1C. The first-order valence-electron chi connectivity index (χ1n) is 5.29. The molecule has 0 saturated carbocycles. The van der Waals surface area contributed by atoms with E-state index in [9.17, 15) is 13.2 Å². The second-order valence-corrected chi connectivity index (χ2v) is 3.98. The molecule has 0 heterocycles. The Morgan fingerprint density at radius 1 is 1.31 bits per heavy atom. The van der Waals surface area contributed by atoms with E-state index < -0.39 is 11.7 Å². The lowest BCUT2D eigenvalue weighted by atomic mass is 10.1. The van der Waals surface area contributed by atoms with Gasteiger partial charge in [-0.2, -0.15) is 13.2 Å². The van der Waals surface area contributed by atoms with Crippen LogP contribution in [0.25, 0.3) is 0 Å². The molecule has 1 unspecified atom stereocenters. The van der Waals surface area contributed by atoms with Crippen LogP contribution in [-0.4, -0.2) is 6.04 Å². The van der Waals surface area contributed by atoms with Crippen LogP contribution in [0.4, 0.5) is 18.9 Å². The van der Waals surface area contributed by atoms with Gasteiger partial charge in [-0.1, -0.05) is 13.0 Å². The summed E-state index contributed by atoms with van der Waals surface area (Å²) in [7, 11) is 0. The molecule has 0 aliphatic carbocycles. The lowest BCUT2D eigenvalue weighted by Gasteiger charge is -2.17. The van der Waals surface area contributed by atoms with E-state index in [0.29, 0.717) is 5.69 Å². The smallest absolute Gasteiger partial charge is 0.382 e. The van der Waals surface area contributed by atoms with Crippen LogP contribution in [0.5, 0.6) is 0 Å². The van der Waals surface area contributed by atoms with E-state index in [2.05, 4.69) is 5.32 Å². The summed E-state index contributed by atoms with van der Waals surface area (Å²) in [4.78, 5) is 0. The Labute approximate surface area is 93.7 Å². The number of nitrogens with one attached hydrogen (secondary N) is 1. The van der Waals surface area contributed by atoms with E-state index in [0.717, 1.165) is 18.1 Å². The molecule has 0 aliphatic rings. The minimum atomic E-state index is -4.28. The van der Waals surface area contributed by atoms with Crippen LogP contribution in [0.15, 0.2) is 18.2 Å². The fourth-order valence-corrected chi connectivity index (χ4v) is 1.32. The molecule has 0 bridgehead atoms. The molecule has 1 atom stereocenters. The summed E-state index contributed by atoms with van der Waals surface area (Å²) < 4.78 is 37.5. The highest BCUT2D eigenvalue weighted by Crippen LogP contribution is 2.32. The van der Waals surface area contributed by atoms with Crippen LogP contribution in [0.1, 0.15) is 31.4 Å². The lowest BCUT2D eigenvalue weighted by molar-refractivity contribution is -0.137. The maximum absolute atomic E-state index is 12.5. The van der Waals surface area contributed by atoms with Gasteiger partial charge in [-0.15, -0.1) is 0 Å². The van der Waals surface area contributed by atoms with E-state index in [1.807, 2.05) is 13.8 Å². The molecule has 0 aliphatic heterocycles. The highest BCUT2D eigenvalue weighted by atomic mass is 19.4. The first-order chi connectivity index (χ1) is 7.34. The van der Waals surface area contributed by atoms with Crippen molar-refractivity contribution in [2.24, 2.45) is 0 Å². The maximum atomic E-state index is 12.5. The number of halogens is 3. The van der Waals surface area contributed by atoms with Crippen molar-refractivity contribution in [2.75, 3.05) is 5.32 Å². The minimum absolute atomic E-state index is 0.169. The zero-order valence-corrected chi connectivity index (χ0v) is 9.65. The molecule has 1 N–H and O–H groups in total. The molecule has 0 saturated heterocycles. The van der Waals surface area contributed by atoms with E-state index in [4.69, 9.17) is 0 Å². The van der Waals surface area contributed by atoms with E-state index >= 15 is 0 Å². The quantitative estimate of drug-likeness (QED) is 0.821. The Kier molecular flexibility index (Phi) is 3.83. The normalized spacial score (nSPS) is 13.6. The summed E-state index contributed by atoms with van der Waals surface area (Å²) in [6.07, 6.45) is -3.41. The highest BCUT2D eigenvalue weighted by Gasteiger charge is 2.30. The number of anilines is 1. The van der Waals surface area contributed by atoms with Crippen molar-refractivity contribution in [3.05, 3.63) is 29.3 Å². The van der Waals surface area contributed by atoms with E-state index in [1.54, 1.807) is 6.92 Å². The average Bonchev–Trinajstić information content (AvgIpc) is 2.19. The number of benzene rings is 1. The van der Waals surface area contributed by atoms with Crippen molar-refractivity contribution >= 4 is 5.69 Å². The van der Waals surface area contributed by atoms with Gasteiger partial charge in [-0.25, -0.2) is 0 Å². The van der Waals surface area contributed by atoms with E-state index in [1.165, 1.54) is 12.1 Å². The maximum Gasteiger partial charge on any atom is 0.416 e. The average molecular weight is 231 g/mol. The molecular weight excluding hydrogens is 215 g/mol. The first kappa shape index (κ1) is 12.9. The van der Waals surface area contributed by atoms with Gasteiger partial charge >= 0.3 is 6.18 Å². The number of hydrogen-bond acceptors (Lipinski definition) is 1. The second kappa shape index (κ2) is 4.76. The van der Waals surface area contributed by atoms with Crippen molar-refractivity contribution < 1.29 is 13.2 Å². The van der Waals surface area contributed by atoms with Gasteiger partial charge in [-0.05, 0) is 38.0 Å². The molecule has 0 radical (unpaired) electrons. The van der Waals surface area contributed by atoms with Crippen LogP contribution in [0.3, 0.4) is 0 Å². The molecule has 0 amide bonds. The third kappa shape index (κ3) is 3.15. The monoisotopic (exact) mass is 231 g/mol. The van der Waals surface area contributed by atoms with Gasteiger partial charge in [0, 0.05) is 11.7 Å². The van der Waals surface area contributed by atoms with Gasteiger partial charge in [0.2, 0.25) is 0 Å². The third-order valence-corrected chi connectivity index (χ3v) is 2.58. The van der Waals surface area contributed by atoms with Crippen LogP contribution >= 0.6 is 0 Å². The van der Waals surface area contributed by atoms with Gasteiger partial charge in [0.1, 0.15) is 0 Å². The Morgan fingerprint density at radius 3 is 2.44 bits per heavy atom. The predicted molar refractivity (Wildman–Crippen MR) is 59.6 cm³/mol. The second-order valence-electron chi connectivity index (χ2n) is 3.98. The Hall–Kier alpha value is -1.19. The van der Waals surface area contributed by atoms with Crippen molar-refractivity contribution in [3.63, 3.8) is 0 Å². The zero-order valence-electron chi connectivity index (χ0n) is 9.65. The molecule has 1 rings (SSSR count). The lowest BCUT2D eigenvalue weighted by Crippen LogP contribution is -2.15. The minimum Gasteiger partial charge on any atom is -0.382 e. The van der Waals surface area contributed by atoms with E-state index in [-0.39, 0.29) is 6.04 Å². The first-order valence-corrected chi connectivity index (χ1v) is 5.29. The van der Waals surface area contributed by atoms with Crippen LogP contribution < -0.4 is 5.32 Å². The Balaban J connectivity index is 3.00. The van der Waals surface area contributed by atoms with Gasteiger partial charge in [0.15, 0.2) is 0 Å². The summed E-state index contributed by atoms with van der Waals surface area (Å²) in [5.74, 6) is 0. The Morgan fingerprint density at radius 2 is 1.94 bits per heavy atom. The van der Waals surface area contributed by atoms with Gasteiger partial charge in [0.25, 0.3) is 0 Å². The highest BCUT2D eigenvalue weighted by molar-refractivity contribution is 5.53. The summed E-state index contributed by atoms with van der Waals surface area (Å²) in [5.41, 5.74) is 0.779. The topological polar surface area (TPSA) is 12.0 Å². The molecule has 0 fully saturated rings. The standard InChI is InChI=1S/C12H16F3N/c1-4-9(3)16-11-7-10(12(13,14)15)6-5-8(11)2/h5-7,9,16H,4H2,1-3H3. The molecular formula is C12H16F3N. The molecule has 0 aromatic heterocycles. The fraction of sp³-hybridized carbons (Fsp3) is 0.500. The summed E-state index contributed by atoms with van der Waals surface area (Å²) >= 11 is 0. The Bertz CT molecular complexity index is 358. The molecule has 1 aromatic carbocycles. The van der Waals surface area contributed by atoms with Crippen molar-refractivity contribution in [1.29, 1.82) is 0 Å². The third-order valence-electron chi connectivity index (χ3n) is 2.58. The summed E-state index contributed by atoms with van der Waals surface area (Å²) in [6.45, 7) is 5.73. The van der Waals surface area contributed by atoms with Crippen molar-refractivity contribution in [2.45, 2.75) is 39.4 Å². The van der Waals surface area contributed by atoms with Crippen LogP contribution in [0.2, 0.25) is 0 Å². The predicted octanol–water partition coefficient (Wildman–Crippen LogP) is 4.22. The van der Waals surface area contributed by atoms with Gasteiger partial charge in [-0.3, -0.25) is 0 Å². The number of rotatable bonds is 3. The fourth-order valence-electron chi connectivity index (χ4n) is 1.32. The van der Waals surface area contributed by atoms with Crippen LogP contribution in [-0.2, 0) is 6.18 Å². The number of alkyl halides is 3. The molecule has 90 valence electrons. The number of aryl methyl sites for hydroxylation is 1. The van der Waals surface area contributed by atoms with Crippen molar-refractivity contribution in [3.8, 4) is 0 Å². The van der Waals surface area contributed by atoms with Gasteiger partial charge < -0.3 is 5.32 Å². The largest absolute Gasteiger partial charge is 0.416 e. The molecule has 1 nitrogen and oxygen atoms in total. The molecule has 4 heteroatoms. The molecule has 1 aromatic rings. The summed E-state index contributed by atoms with van der Waals surface area (Å²) in [6, 6.07) is 3.94. The van der Waals surface area contributed by atoms with Crippen molar-refractivity contribution in [1.82, 2.24) is 0 Å². The number of hydrogen-bond donors (Lipinski definition) is 1. The van der Waals surface area contributed by atoms with Crippen LogP contribution in [0, 0.1) is 6.92 Å². The molecule has 16 heavy (non-hydrogen) atoms. The zero-order chi connectivity index (χ0) is 12.3. The van der Waals surface area contributed by atoms with Gasteiger partial charge in [0.05, 0.1) is 5.56 Å².